The molecule has 0 radical (unpaired) electrons. The third-order valence-corrected chi connectivity index (χ3v) is 3.71. The number of nitrogens with one attached hydrogen (secondary N) is 1. The summed E-state index contributed by atoms with van der Waals surface area (Å²) in [7, 11) is 0. The lowest BCUT2D eigenvalue weighted by atomic mass is 10.1. The van der Waals surface area contributed by atoms with E-state index in [-0.39, 0.29) is 11.6 Å². The molecule has 2 rings (SSSR count). The van der Waals surface area contributed by atoms with Crippen LogP contribution in [-0.4, -0.2) is 16.2 Å². The smallest absolute Gasteiger partial charge is 0.186 e. The second kappa shape index (κ2) is 7.36. The highest BCUT2D eigenvalue weighted by Crippen LogP contribution is 2.19. The Morgan fingerprint density at radius 3 is 2.71 bits per heavy atom. The fourth-order valence-corrected chi connectivity index (χ4v) is 2.59. The van der Waals surface area contributed by atoms with Crippen molar-refractivity contribution < 1.29 is 8.78 Å². The van der Waals surface area contributed by atoms with Crippen molar-refractivity contribution in [3.05, 3.63) is 53.0 Å². The molecule has 1 N–H and O–H groups in total. The van der Waals surface area contributed by atoms with Gasteiger partial charge in [0, 0.05) is 12.3 Å². The van der Waals surface area contributed by atoms with Gasteiger partial charge < -0.3 is 5.32 Å². The first-order chi connectivity index (χ1) is 10.2. The maximum atomic E-state index is 14.0. The van der Waals surface area contributed by atoms with Crippen LogP contribution in [0.1, 0.15) is 23.7 Å². The minimum Gasteiger partial charge on any atom is -0.363 e. The van der Waals surface area contributed by atoms with Crippen LogP contribution in [0.25, 0.3) is 0 Å². The number of hydrogen-bond donors (Lipinski definition) is 1. The van der Waals surface area contributed by atoms with Crippen molar-refractivity contribution in [1.29, 1.82) is 0 Å². The predicted octanol–water partition coefficient (Wildman–Crippen LogP) is 3.79. The van der Waals surface area contributed by atoms with Crippen LogP contribution in [0.3, 0.4) is 0 Å². The summed E-state index contributed by atoms with van der Waals surface area (Å²) in [5.74, 6) is 0.209. The van der Waals surface area contributed by atoms with E-state index in [0.29, 0.717) is 24.4 Å². The third kappa shape index (κ3) is 3.91. The number of aryl methyl sites for hydroxylation is 1. The molecule has 1 aromatic heterocycles. The van der Waals surface area contributed by atoms with E-state index in [1.807, 2.05) is 13.2 Å². The molecular weight excluding hydrogens is 292 g/mol. The minimum absolute atomic E-state index is 0.182. The van der Waals surface area contributed by atoms with Gasteiger partial charge in [-0.15, -0.1) is 0 Å². The molecule has 0 atom stereocenters. The SMILES string of the molecule is CCc1ncnc(NCc2ccc(F)cc2CSC)c1F. The second-order valence-electron chi connectivity index (χ2n) is 4.54. The van der Waals surface area contributed by atoms with E-state index in [2.05, 4.69) is 15.3 Å². The minimum atomic E-state index is -0.423. The Kier molecular flexibility index (Phi) is 5.50. The summed E-state index contributed by atoms with van der Waals surface area (Å²) in [6.07, 6.45) is 3.81. The number of aromatic nitrogens is 2. The van der Waals surface area contributed by atoms with Crippen molar-refractivity contribution in [2.75, 3.05) is 11.6 Å². The Labute approximate surface area is 127 Å². The fraction of sp³-hybridized carbons (Fsp3) is 0.333. The summed E-state index contributed by atoms with van der Waals surface area (Å²) in [6, 6.07) is 4.64. The Morgan fingerprint density at radius 2 is 2.00 bits per heavy atom. The monoisotopic (exact) mass is 309 g/mol. The quantitative estimate of drug-likeness (QED) is 0.881. The molecule has 0 bridgehead atoms. The molecule has 0 saturated carbocycles. The molecule has 0 unspecified atom stereocenters. The van der Waals surface area contributed by atoms with Gasteiger partial charge in [0.2, 0.25) is 0 Å². The van der Waals surface area contributed by atoms with Gasteiger partial charge in [0.15, 0.2) is 11.6 Å². The largest absolute Gasteiger partial charge is 0.363 e. The van der Waals surface area contributed by atoms with Gasteiger partial charge in [0.25, 0.3) is 0 Å². The number of anilines is 1. The molecule has 0 amide bonds. The molecular formula is C15H17F2N3S. The normalized spacial score (nSPS) is 10.7. The van der Waals surface area contributed by atoms with Crippen LogP contribution in [0.4, 0.5) is 14.6 Å². The molecule has 0 spiro atoms. The number of thioether (sulfide) groups is 1. The first-order valence-corrected chi connectivity index (χ1v) is 8.04. The summed E-state index contributed by atoms with van der Waals surface area (Å²) < 4.78 is 27.3. The van der Waals surface area contributed by atoms with E-state index < -0.39 is 5.82 Å². The van der Waals surface area contributed by atoms with Crippen molar-refractivity contribution in [1.82, 2.24) is 9.97 Å². The molecule has 0 aliphatic carbocycles. The zero-order chi connectivity index (χ0) is 15.2. The summed E-state index contributed by atoms with van der Waals surface area (Å²) >= 11 is 1.61. The molecule has 6 heteroatoms. The van der Waals surface area contributed by atoms with E-state index in [1.54, 1.807) is 17.8 Å². The topological polar surface area (TPSA) is 37.8 Å². The van der Waals surface area contributed by atoms with E-state index in [4.69, 9.17) is 0 Å². The van der Waals surface area contributed by atoms with Gasteiger partial charge in [-0.1, -0.05) is 13.0 Å². The number of rotatable bonds is 6. The van der Waals surface area contributed by atoms with Crippen LogP contribution in [0, 0.1) is 11.6 Å². The van der Waals surface area contributed by atoms with E-state index in [0.717, 1.165) is 11.1 Å². The molecule has 0 aliphatic heterocycles. The van der Waals surface area contributed by atoms with E-state index in [9.17, 15) is 8.78 Å². The van der Waals surface area contributed by atoms with Gasteiger partial charge in [-0.05, 0) is 35.9 Å². The molecule has 3 nitrogen and oxygen atoms in total. The highest BCUT2D eigenvalue weighted by molar-refractivity contribution is 7.97. The highest BCUT2D eigenvalue weighted by atomic mass is 32.2. The van der Waals surface area contributed by atoms with Crippen LogP contribution in [0.2, 0.25) is 0 Å². The zero-order valence-corrected chi connectivity index (χ0v) is 12.8. The summed E-state index contributed by atoms with van der Waals surface area (Å²) in [6.45, 7) is 2.24. The van der Waals surface area contributed by atoms with Crippen LogP contribution in [-0.2, 0) is 18.7 Å². The van der Waals surface area contributed by atoms with Crippen LogP contribution in [0.5, 0.6) is 0 Å². The zero-order valence-electron chi connectivity index (χ0n) is 12.0. The summed E-state index contributed by atoms with van der Waals surface area (Å²) in [5, 5.41) is 2.96. The standard InChI is InChI=1S/C15H17F2N3S/c1-3-13-14(17)15(20-9-19-13)18-7-10-4-5-12(16)6-11(10)8-21-2/h4-6,9H,3,7-8H2,1-2H3,(H,18,19,20). The van der Waals surface area contributed by atoms with Crippen LogP contribution >= 0.6 is 11.8 Å². The number of benzene rings is 1. The first-order valence-electron chi connectivity index (χ1n) is 6.65. The average molecular weight is 309 g/mol. The Bertz CT molecular complexity index is 620. The Morgan fingerprint density at radius 1 is 1.19 bits per heavy atom. The highest BCUT2D eigenvalue weighted by Gasteiger charge is 2.10. The maximum Gasteiger partial charge on any atom is 0.186 e. The Balaban J connectivity index is 2.16. The lowest BCUT2D eigenvalue weighted by Gasteiger charge is -2.12. The van der Waals surface area contributed by atoms with Crippen molar-refractivity contribution in [2.24, 2.45) is 0 Å². The van der Waals surface area contributed by atoms with E-state index in [1.165, 1.54) is 18.5 Å². The Hall–Kier alpha value is -1.69. The molecule has 2 aromatic rings. The number of nitrogens with zero attached hydrogens (tertiary/aromatic N) is 2. The number of hydrogen-bond acceptors (Lipinski definition) is 4. The molecule has 1 heterocycles. The van der Waals surface area contributed by atoms with Crippen molar-refractivity contribution in [3.63, 3.8) is 0 Å². The van der Waals surface area contributed by atoms with Crippen LogP contribution < -0.4 is 5.32 Å². The molecule has 0 fully saturated rings. The predicted molar refractivity (Wildman–Crippen MR) is 82.3 cm³/mol. The first kappa shape index (κ1) is 15.7. The molecule has 0 saturated heterocycles. The molecule has 0 aliphatic rings. The fourth-order valence-electron chi connectivity index (χ4n) is 2.01. The lowest BCUT2D eigenvalue weighted by Crippen LogP contribution is -2.08. The summed E-state index contributed by atoms with van der Waals surface area (Å²) in [5.41, 5.74) is 2.22. The van der Waals surface area contributed by atoms with Gasteiger partial charge in [-0.25, -0.2) is 18.7 Å². The van der Waals surface area contributed by atoms with Crippen molar-refractivity contribution in [2.45, 2.75) is 25.6 Å². The lowest BCUT2D eigenvalue weighted by molar-refractivity contribution is 0.596. The van der Waals surface area contributed by atoms with Crippen LogP contribution in [0.15, 0.2) is 24.5 Å². The molecule has 21 heavy (non-hydrogen) atoms. The van der Waals surface area contributed by atoms with E-state index >= 15 is 0 Å². The van der Waals surface area contributed by atoms with Gasteiger partial charge in [0.05, 0.1) is 5.69 Å². The van der Waals surface area contributed by atoms with Crippen molar-refractivity contribution in [3.8, 4) is 0 Å². The number of halogens is 2. The van der Waals surface area contributed by atoms with Crippen molar-refractivity contribution >= 4 is 17.6 Å². The molecule has 1 aromatic carbocycles. The van der Waals surface area contributed by atoms with Gasteiger partial charge in [0.1, 0.15) is 12.1 Å². The average Bonchev–Trinajstić information content (AvgIpc) is 2.48. The second-order valence-corrected chi connectivity index (χ2v) is 5.40. The summed E-state index contributed by atoms with van der Waals surface area (Å²) in [4.78, 5) is 7.81. The molecule has 112 valence electrons. The maximum absolute atomic E-state index is 14.0. The van der Waals surface area contributed by atoms with Gasteiger partial charge in [-0.3, -0.25) is 0 Å². The van der Waals surface area contributed by atoms with Gasteiger partial charge >= 0.3 is 0 Å². The third-order valence-electron chi connectivity index (χ3n) is 3.11. The van der Waals surface area contributed by atoms with Gasteiger partial charge in [-0.2, -0.15) is 11.8 Å².